The Balaban J connectivity index is 1.93. The first kappa shape index (κ1) is 17.4. The lowest BCUT2D eigenvalue weighted by molar-refractivity contribution is 0.374. The fraction of sp³-hybridized carbons (Fsp3) is 0.333. The number of aryl methyl sites for hydroxylation is 1. The monoisotopic (exact) mass is 334 g/mol. The van der Waals surface area contributed by atoms with E-state index in [1.165, 1.54) is 5.56 Å². The van der Waals surface area contributed by atoms with Crippen LogP contribution in [0.3, 0.4) is 0 Å². The van der Waals surface area contributed by atoms with E-state index in [2.05, 4.69) is 52.0 Å². The summed E-state index contributed by atoms with van der Waals surface area (Å²) in [5.74, 6) is 1.60. The molecule has 130 valence electrons. The van der Waals surface area contributed by atoms with Crippen LogP contribution in [0.4, 0.5) is 11.6 Å². The average Bonchev–Trinajstić information content (AvgIpc) is 2.62. The van der Waals surface area contributed by atoms with Gasteiger partial charge in [0, 0.05) is 17.3 Å². The lowest BCUT2D eigenvalue weighted by atomic mass is 9.73. The van der Waals surface area contributed by atoms with E-state index in [1.807, 2.05) is 26.0 Å². The first-order valence-corrected chi connectivity index (χ1v) is 8.75. The minimum Gasteiger partial charge on any atom is -0.325 e. The quantitative estimate of drug-likeness (QED) is 0.797. The molecule has 0 unspecified atom stereocenters. The minimum absolute atomic E-state index is 0.0162. The molecule has 0 aliphatic carbocycles. The Labute approximate surface area is 150 Å². The summed E-state index contributed by atoms with van der Waals surface area (Å²) in [5.41, 5.74) is 4.38. The normalized spacial score (nSPS) is 16.2. The zero-order chi connectivity index (χ0) is 17.9. The third-order valence-electron chi connectivity index (χ3n) is 4.92. The van der Waals surface area contributed by atoms with Crippen molar-refractivity contribution in [2.45, 2.75) is 32.1 Å². The number of pyridine rings is 2. The highest BCUT2D eigenvalue weighted by molar-refractivity contribution is 5.65. The van der Waals surface area contributed by atoms with Crippen molar-refractivity contribution in [3.63, 3.8) is 0 Å². The van der Waals surface area contributed by atoms with E-state index in [4.69, 9.17) is 0 Å². The number of nitrogens with one attached hydrogen (secondary N) is 2. The van der Waals surface area contributed by atoms with Gasteiger partial charge >= 0.3 is 0 Å². The number of nitrogens with zero attached hydrogens (tertiary/aromatic N) is 2. The summed E-state index contributed by atoms with van der Waals surface area (Å²) in [6.07, 6.45) is 6.01. The van der Waals surface area contributed by atoms with E-state index in [0.29, 0.717) is 0 Å². The van der Waals surface area contributed by atoms with Gasteiger partial charge in [-0.25, -0.2) is 9.97 Å². The summed E-state index contributed by atoms with van der Waals surface area (Å²) in [6, 6.07) is 8.27. The summed E-state index contributed by atoms with van der Waals surface area (Å²) in [7, 11) is 0. The first-order chi connectivity index (χ1) is 12.0. The van der Waals surface area contributed by atoms with Crippen molar-refractivity contribution in [1.29, 1.82) is 0 Å². The van der Waals surface area contributed by atoms with Crippen LogP contribution < -0.4 is 10.6 Å². The Morgan fingerprint density at radius 1 is 1.24 bits per heavy atom. The number of hydrogen-bond donors (Lipinski definition) is 2. The minimum atomic E-state index is 0.0162. The third kappa shape index (κ3) is 3.80. The van der Waals surface area contributed by atoms with Crippen molar-refractivity contribution in [2.24, 2.45) is 0 Å². The number of aromatic nitrogens is 2. The maximum Gasteiger partial charge on any atom is 0.132 e. The van der Waals surface area contributed by atoms with E-state index in [-0.39, 0.29) is 5.41 Å². The second-order valence-electron chi connectivity index (χ2n) is 6.83. The summed E-state index contributed by atoms with van der Waals surface area (Å²) in [4.78, 5) is 9.04. The zero-order valence-electron chi connectivity index (χ0n) is 15.1. The highest BCUT2D eigenvalue weighted by Crippen LogP contribution is 2.36. The van der Waals surface area contributed by atoms with Gasteiger partial charge in [0.15, 0.2) is 0 Å². The van der Waals surface area contributed by atoms with E-state index in [0.717, 1.165) is 54.4 Å². The van der Waals surface area contributed by atoms with Crippen LogP contribution in [-0.2, 0) is 5.41 Å². The van der Waals surface area contributed by atoms with Gasteiger partial charge in [0.1, 0.15) is 11.6 Å². The fourth-order valence-corrected chi connectivity index (χ4v) is 3.40. The van der Waals surface area contributed by atoms with Gasteiger partial charge < -0.3 is 10.6 Å². The second kappa shape index (κ2) is 7.19. The van der Waals surface area contributed by atoms with Crippen LogP contribution in [0.1, 0.15) is 36.6 Å². The molecule has 0 spiro atoms. The number of piperidine rings is 1. The molecule has 3 rings (SSSR count). The van der Waals surface area contributed by atoms with Gasteiger partial charge in [0.25, 0.3) is 0 Å². The van der Waals surface area contributed by atoms with Crippen molar-refractivity contribution in [1.82, 2.24) is 15.3 Å². The van der Waals surface area contributed by atoms with Crippen molar-refractivity contribution < 1.29 is 0 Å². The Bertz CT molecular complexity index is 788. The molecule has 1 aliphatic heterocycles. The predicted octanol–water partition coefficient (Wildman–Crippen LogP) is 4.37. The van der Waals surface area contributed by atoms with Gasteiger partial charge in [-0.1, -0.05) is 18.2 Å². The summed E-state index contributed by atoms with van der Waals surface area (Å²) in [5, 5.41) is 6.78. The van der Waals surface area contributed by atoms with Gasteiger partial charge in [-0.15, -0.1) is 6.58 Å². The SMILES string of the molecule is C=CC1(c2cc(C)nc(Nc3cc(C(=C)C)ccn3)c2)CCNCC1. The predicted molar refractivity (Wildman–Crippen MR) is 105 cm³/mol. The van der Waals surface area contributed by atoms with Crippen LogP contribution in [0.5, 0.6) is 0 Å². The number of rotatable bonds is 5. The van der Waals surface area contributed by atoms with Crippen LogP contribution in [0.15, 0.2) is 49.7 Å². The van der Waals surface area contributed by atoms with Gasteiger partial charge in [-0.2, -0.15) is 0 Å². The lowest BCUT2D eigenvalue weighted by Crippen LogP contribution is -2.38. The van der Waals surface area contributed by atoms with Crippen molar-refractivity contribution in [2.75, 3.05) is 18.4 Å². The van der Waals surface area contributed by atoms with Crippen LogP contribution in [0.2, 0.25) is 0 Å². The highest BCUT2D eigenvalue weighted by Gasteiger charge is 2.31. The maximum atomic E-state index is 4.64. The molecule has 1 saturated heterocycles. The Morgan fingerprint density at radius 3 is 2.68 bits per heavy atom. The second-order valence-corrected chi connectivity index (χ2v) is 6.83. The summed E-state index contributed by atoms with van der Waals surface area (Å²) < 4.78 is 0. The molecule has 1 aliphatic rings. The Kier molecular flexibility index (Phi) is 5.00. The molecular weight excluding hydrogens is 308 g/mol. The fourth-order valence-electron chi connectivity index (χ4n) is 3.40. The molecule has 25 heavy (non-hydrogen) atoms. The smallest absolute Gasteiger partial charge is 0.132 e. The van der Waals surface area contributed by atoms with Crippen LogP contribution in [0.25, 0.3) is 5.57 Å². The van der Waals surface area contributed by atoms with E-state index >= 15 is 0 Å². The van der Waals surface area contributed by atoms with E-state index in [9.17, 15) is 0 Å². The van der Waals surface area contributed by atoms with Crippen molar-refractivity contribution in [3.8, 4) is 0 Å². The van der Waals surface area contributed by atoms with E-state index in [1.54, 1.807) is 6.20 Å². The molecule has 4 nitrogen and oxygen atoms in total. The van der Waals surface area contributed by atoms with Crippen LogP contribution in [0, 0.1) is 6.92 Å². The lowest BCUT2D eigenvalue weighted by Gasteiger charge is -2.35. The molecular formula is C21H26N4. The summed E-state index contributed by atoms with van der Waals surface area (Å²) >= 11 is 0. The average molecular weight is 334 g/mol. The molecule has 2 aromatic heterocycles. The standard InChI is InChI=1S/C21H26N4/c1-5-21(7-10-22-11-8-21)18-12-16(4)24-20(14-18)25-19-13-17(15(2)3)6-9-23-19/h5-6,9,12-14,22H,1-2,7-8,10-11H2,3-4H3,(H,23,24,25). The van der Waals surface area contributed by atoms with E-state index < -0.39 is 0 Å². The maximum absolute atomic E-state index is 4.64. The molecule has 2 aromatic rings. The van der Waals surface area contributed by atoms with Crippen LogP contribution in [-0.4, -0.2) is 23.1 Å². The first-order valence-electron chi connectivity index (χ1n) is 8.75. The molecule has 0 aromatic carbocycles. The molecule has 0 saturated carbocycles. The highest BCUT2D eigenvalue weighted by atomic mass is 15.1. The van der Waals surface area contributed by atoms with Gasteiger partial charge in [0.05, 0.1) is 0 Å². The molecule has 0 radical (unpaired) electrons. The molecule has 0 bridgehead atoms. The molecule has 0 amide bonds. The molecule has 0 atom stereocenters. The van der Waals surface area contributed by atoms with Crippen LogP contribution >= 0.6 is 0 Å². The van der Waals surface area contributed by atoms with Gasteiger partial charge in [-0.3, -0.25) is 0 Å². The van der Waals surface area contributed by atoms with Crippen molar-refractivity contribution in [3.05, 3.63) is 66.5 Å². The topological polar surface area (TPSA) is 49.8 Å². The number of hydrogen-bond acceptors (Lipinski definition) is 4. The summed E-state index contributed by atoms with van der Waals surface area (Å²) in [6.45, 7) is 14.2. The number of allylic oxidation sites excluding steroid dienone is 2. The largest absolute Gasteiger partial charge is 0.325 e. The Morgan fingerprint density at radius 2 is 2.00 bits per heavy atom. The molecule has 4 heteroatoms. The Hall–Kier alpha value is -2.46. The van der Waals surface area contributed by atoms with Crippen molar-refractivity contribution >= 4 is 17.2 Å². The number of anilines is 2. The van der Waals surface area contributed by atoms with Gasteiger partial charge in [0.2, 0.25) is 0 Å². The molecule has 3 heterocycles. The molecule has 1 fully saturated rings. The third-order valence-corrected chi connectivity index (χ3v) is 4.92. The molecule has 2 N–H and O–H groups in total. The zero-order valence-corrected chi connectivity index (χ0v) is 15.1. The van der Waals surface area contributed by atoms with Gasteiger partial charge in [-0.05, 0) is 75.2 Å².